The van der Waals surface area contributed by atoms with Crippen LogP contribution in [0.5, 0.6) is 0 Å². The first-order valence-corrected chi connectivity index (χ1v) is 6.31. The summed E-state index contributed by atoms with van der Waals surface area (Å²) in [5.41, 5.74) is 0. The topological polar surface area (TPSA) is 149 Å². The van der Waals surface area contributed by atoms with E-state index in [2.05, 4.69) is 0 Å². The van der Waals surface area contributed by atoms with Crippen LogP contribution in [0.4, 0.5) is 0 Å². The molecule has 0 aliphatic carbocycles. The van der Waals surface area contributed by atoms with Crippen LogP contribution in [0.15, 0.2) is 0 Å². The molecule has 0 aliphatic heterocycles. The van der Waals surface area contributed by atoms with Gasteiger partial charge in [-0.15, -0.1) is 0 Å². The third-order valence-corrected chi connectivity index (χ3v) is 3.87. The van der Waals surface area contributed by atoms with Gasteiger partial charge in [0.2, 0.25) is 10.0 Å². The summed E-state index contributed by atoms with van der Waals surface area (Å²) in [6.07, 6.45) is 0. The van der Waals surface area contributed by atoms with Crippen LogP contribution in [0.25, 0.3) is 0 Å². The average Bonchev–Trinajstić information content (AvgIpc) is 2.14. The van der Waals surface area contributed by atoms with Crippen molar-refractivity contribution in [1.29, 1.82) is 0 Å². The molecule has 1 unspecified atom stereocenters. The highest BCUT2D eigenvalue weighted by Gasteiger charge is 2.30. The zero-order valence-corrected chi connectivity index (χ0v) is 10.3. The molecule has 0 rings (SSSR count). The molecule has 0 spiro atoms. The summed E-state index contributed by atoms with van der Waals surface area (Å²) >= 11 is 0. The summed E-state index contributed by atoms with van der Waals surface area (Å²) in [6.45, 7) is -0.929. The Bertz CT molecular complexity index is 426. The van der Waals surface area contributed by atoms with E-state index in [1.165, 1.54) is 0 Å². The molecule has 104 valence electrons. The number of nitrogens with zero attached hydrogens (tertiary/aromatic N) is 1. The maximum atomic E-state index is 11.7. The molecule has 0 heterocycles. The van der Waals surface area contributed by atoms with Gasteiger partial charge in [-0.1, -0.05) is 6.92 Å². The fraction of sp³-hybridized carbons (Fsp3) is 0.625. The first-order valence-electron chi connectivity index (χ1n) is 4.70. The summed E-state index contributed by atoms with van der Waals surface area (Å²) in [5.74, 6) is -6.54. The Morgan fingerprint density at radius 1 is 1.06 bits per heavy atom. The summed E-state index contributed by atoms with van der Waals surface area (Å²) in [5, 5.41) is 25.6. The lowest BCUT2D eigenvalue weighted by molar-refractivity contribution is -0.141. The van der Waals surface area contributed by atoms with Crippen molar-refractivity contribution in [3.05, 3.63) is 0 Å². The van der Waals surface area contributed by atoms with Gasteiger partial charge in [0.15, 0.2) is 0 Å². The number of hydrogen-bond donors (Lipinski definition) is 3. The minimum atomic E-state index is -4.27. The molecule has 0 amide bonds. The molecule has 0 radical (unpaired) electrons. The largest absolute Gasteiger partial charge is 0.481 e. The van der Waals surface area contributed by atoms with Gasteiger partial charge in [0.05, 0.1) is 11.7 Å². The van der Waals surface area contributed by atoms with Crippen LogP contribution >= 0.6 is 0 Å². The number of aliphatic carboxylic acids is 3. The van der Waals surface area contributed by atoms with Crippen LogP contribution in [0.1, 0.15) is 6.92 Å². The molecule has 1 atom stereocenters. The first-order chi connectivity index (χ1) is 8.06. The van der Waals surface area contributed by atoms with E-state index >= 15 is 0 Å². The van der Waals surface area contributed by atoms with Crippen molar-refractivity contribution in [2.45, 2.75) is 6.92 Å². The van der Waals surface area contributed by atoms with Crippen LogP contribution in [0.3, 0.4) is 0 Å². The molecule has 0 aliphatic rings. The van der Waals surface area contributed by atoms with Gasteiger partial charge in [-0.05, 0) is 0 Å². The quantitative estimate of drug-likeness (QED) is 0.487. The van der Waals surface area contributed by atoms with Crippen molar-refractivity contribution in [1.82, 2.24) is 4.31 Å². The van der Waals surface area contributed by atoms with E-state index < -0.39 is 52.7 Å². The van der Waals surface area contributed by atoms with Crippen molar-refractivity contribution in [3.8, 4) is 0 Å². The second-order valence-corrected chi connectivity index (χ2v) is 5.59. The van der Waals surface area contributed by atoms with E-state index in [4.69, 9.17) is 15.3 Å². The summed E-state index contributed by atoms with van der Waals surface area (Å²) in [6, 6.07) is 0. The van der Waals surface area contributed by atoms with E-state index in [1.54, 1.807) is 0 Å². The van der Waals surface area contributed by atoms with E-state index in [0.29, 0.717) is 0 Å². The Hall–Kier alpha value is -1.68. The van der Waals surface area contributed by atoms with Crippen molar-refractivity contribution < 1.29 is 38.1 Å². The molecule has 18 heavy (non-hydrogen) atoms. The lowest BCUT2D eigenvalue weighted by atomic mass is 10.2. The van der Waals surface area contributed by atoms with Crippen molar-refractivity contribution in [3.63, 3.8) is 0 Å². The van der Waals surface area contributed by atoms with E-state index in [9.17, 15) is 22.8 Å². The normalized spacial score (nSPS) is 13.2. The third kappa shape index (κ3) is 5.59. The standard InChI is InChI=1S/C8H13NO8S/c1-5(8(14)15)4-18(16,17)9(2-6(10)11)3-7(12)13/h5H,2-4H2,1H3,(H,10,11)(H,12,13)(H,14,15). The highest BCUT2D eigenvalue weighted by Crippen LogP contribution is 2.08. The van der Waals surface area contributed by atoms with Crippen LogP contribution < -0.4 is 0 Å². The van der Waals surface area contributed by atoms with Crippen molar-refractivity contribution in [2.24, 2.45) is 5.92 Å². The molecule has 0 bridgehead atoms. The predicted molar refractivity (Wildman–Crippen MR) is 57.4 cm³/mol. The van der Waals surface area contributed by atoms with Gasteiger partial charge in [-0.2, -0.15) is 4.31 Å². The summed E-state index contributed by atoms with van der Waals surface area (Å²) in [7, 11) is -4.27. The highest BCUT2D eigenvalue weighted by atomic mass is 32.2. The van der Waals surface area contributed by atoms with Gasteiger partial charge in [0.25, 0.3) is 0 Å². The van der Waals surface area contributed by atoms with Crippen molar-refractivity contribution >= 4 is 27.9 Å². The monoisotopic (exact) mass is 283 g/mol. The van der Waals surface area contributed by atoms with Gasteiger partial charge < -0.3 is 15.3 Å². The SMILES string of the molecule is CC(CS(=O)(=O)N(CC(=O)O)CC(=O)O)C(=O)O. The molecule has 9 nitrogen and oxygen atoms in total. The van der Waals surface area contributed by atoms with Crippen LogP contribution in [-0.4, -0.2) is 64.8 Å². The molecule has 0 aromatic heterocycles. The number of carboxylic acids is 3. The van der Waals surface area contributed by atoms with Gasteiger partial charge in [0.1, 0.15) is 13.1 Å². The Kier molecular flexibility index (Phi) is 5.72. The molecule has 0 fully saturated rings. The number of hydrogen-bond acceptors (Lipinski definition) is 5. The molecule has 0 saturated heterocycles. The predicted octanol–water partition coefficient (Wildman–Crippen LogP) is -1.49. The van der Waals surface area contributed by atoms with E-state index in [1.807, 2.05) is 0 Å². The zero-order valence-electron chi connectivity index (χ0n) is 9.44. The summed E-state index contributed by atoms with van der Waals surface area (Å²) in [4.78, 5) is 31.4. The second kappa shape index (κ2) is 6.31. The van der Waals surface area contributed by atoms with Gasteiger partial charge in [-0.25, -0.2) is 8.42 Å². The number of rotatable bonds is 8. The third-order valence-electron chi connectivity index (χ3n) is 1.90. The molecular formula is C8H13NO8S. The zero-order chi connectivity index (χ0) is 14.5. The Morgan fingerprint density at radius 3 is 1.72 bits per heavy atom. The number of sulfonamides is 1. The molecule has 0 saturated carbocycles. The van der Waals surface area contributed by atoms with Crippen LogP contribution in [0, 0.1) is 5.92 Å². The van der Waals surface area contributed by atoms with Crippen LogP contribution in [-0.2, 0) is 24.4 Å². The fourth-order valence-electron chi connectivity index (χ4n) is 1.05. The second-order valence-electron chi connectivity index (χ2n) is 3.57. The fourth-order valence-corrected chi connectivity index (χ4v) is 2.65. The minimum Gasteiger partial charge on any atom is -0.481 e. The Balaban J connectivity index is 5.01. The Morgan fingerprint density at radius 2 is 1.44 bits per heavy atom. The molecule has 10 heteroatoms. The lowest BCUT2D eigenvalue weighted by Crippen LogP contribution is -2.42. The number of carbonyl (C=O) groups is 3. The lowest BCUT2D eigenvalue weighted by Gasteiger charge is -2.19. The van der Waals surface area contributed by atoms with E-state index in [0.717, 1.165) is 6.92 Å². The van der Waals surface area contributed by atoms with Gasteiger partial charge in [-0.3, -0.25) is 14.4 Å². The molecule has 0 aromatic carbocycles. The van der Waals surface area contributed by atoms with E-state index in [-0.39, 0.29) is 4.31 Å². The summed E-state index contributed by atoms with van der Waals surface area (Å²) < 4.78 is 23.5. The van der Waals surface area contributed by atoms with Crippen LogP contribution in [0.2, 0.25) is 0 Å². The molecule has 3 N–H and O–H groups in total. The first kappa shape index (κ1) is 16.3. The molecule has 0 aromatic rings. The maximum absolute atomic E-state index is 11.7. The van der Waals surface area contributed by atoms with Crippen molar-refractivity contribution in [2.75, 3.05) is 18.8 Å². The maximum Gasteiger partial charge on any atom is 0.318 e. The number of carboxylic acid groups (broad SMARTS) is 3. The van der Waals surface area contributed by atoms with Gasteiger partial charge in [0, 0.05) is 0 Å². The minimum absolute atomic E-state index is 0.219. The smallest absolute Gasteiger partial charge is 0.318 e. The molecular weight excluding hydrogens is 270 g/mol. The van der Waals surface area contributed by atoms with Gasteiger partial charge >= 0.3 is 17.9 Å². The average molecular weight is 283 g/mol. The highest BCUT2D eigenvalue weighted by molar-refractivity contribution is 7.89. The Labute approximate surface area is 103 Å².